The van der Waals surface area contributed by atoms with Gasteiger partial charge in [-0.25, -0.2) is 0 Å². The van der Waals surface area contributed by atoms with Gasteiger partial charge in [-0.15, -0.1) is 0 Å². The van der Waals surface area contributed by atoms with Gasteiger partial charge >= 0.3 is 0 Å². The molecule has 0 amide bonds. The number of fused-ring (bicyclic) bond motifs is 7. The van der Waals surface area contributed by atoms with Crippen LogP contribution in [0.2, 0.25) is 0 Å². The van der Waals surface area contributed by atoms with Crippen LogP contribution in [0.5, 0.6) is 0 Å². The minimum atomic E-state index is -0.0391. The Labute approximate surface area is 340 Å². The maximum atomic E-state index is 2.41. The average molecular weight is 740 g/mol. The molecule has 0 fully saturated rings. The Morgan fingerprint density at radius 1 is 0.293 bits per heavy atom. The zero-order chi connectivity index (χ0) is 38.8. The third-order valence-electron chi connectivity index (χ3n) is 12.5. The van der Waals surface area contributed by atoms with Crippen molar-refractivity contribution in [1.29, 1.82) is 0 Å². The third-order valence-corrected chi connectivity index (χ3v) is 12.5. The van der Waals surface area contributed by atoms with Crippen LogP contribution in [0.4, 0.5) is 17.1 Å². The fraction of sp³-hybridized carbons (Fsp3) is 0.0526. The lowest BCUT2D eigenvalue weighted by molar-refractivity contribution is 0.660. The molecule has 0 saturated carbocycles. The molecule has 0 radical (unpaired) electrons. The first-order chi connectivity index (χ1) is 28.5. The van der Waals surface area contributed by atoms with E-state index in [1.807, 2.05) is 0 Å². The Bertz CT molecular complexity index is 3170. The molecular formula is C57H41N. The molecule has 0 saturated heterocycles. The van der Waals surface area contributed by atoms with E-state index in [-0.39, 0.29) is 5.41 Å². The van der Waals surface area contributed by atoms with Crippen LogP contribution < -0.4 is 4.90 Å². The van der Waals surface area contributed by atoms with Crippen LogP contribution in [0.15, 0.2) is 212 Å². The summed E-state index contributed by atoms with van der Waals surface area (Å²) < 4.78 is 0. The van der Waals surface area contributed by atoms with Crippen LogP contribution >= 0.6 is 0 Å². The summed E-state index contributed by atoms with van der Waals surface area (Å²) in [6.07, 6.45) is 0. The zero-order valence-electron chi connectivity index (χ0n) is 32.7. The van der Waals surface area contributed by atoms with E-state index in [0.29, 0.717) is 0 Å². The topological polar surface area (TPSA) is 3.24 Å². The van der Waals surface area contributed by atoms with Gasteiger partial charge in [0.1, 0.15) is 0 Å². The first-order valence-electron chi connectivity index (χ1n) is 20.2. The van der Waals surface area contributed by atoms with Crippen LogP contribution in [0.3, 0.4) is 0 Å². The smallest absolute Gasteiger partial charge is 0.0468 e. The van der Waals surface area contributed by atoms with Crippen molar-refractivity contribution in [3.05, 3.63) is 223 Å². The number of benzene rings is 10. The molecule has 58 heavy (non-hydrogen) atoms. The number of nitrogens with zero attached hydrogens (tertiary/aromatic N) is 1. The summed E-state index contributed by atoms with van der Waals surface area (Å²) in [6, 6.07) is 78.1. The summed E-state index contributed by atoms with van der Waals surface area (Å²) in [5.74, 6) is 0. The van der Waals surface area contributed by atoms with Crippen LogP contribution in [0.1, 0.15) is 25.0 Å². The molecule has 0 atom stereocenters. The largest absolute Gasteiger partial charge is 0.310 e. The number of hydrogen-bond acceptors (Lipinski definition) is 1. The zero-order valence-corrected chi connectivity index (χ0v) is 32.7. The maximum absolute atomic E-state index is 2.41. The molecule has 10 aromatic rings. The van der Waals surface area contributed by atoms with Gasteiger partial charge in [-0.1, -0.05) is 178 Å². The van der Waals surface area contributed by atoms with Gasteiger partial charge < -0.3 is 4.90 Å². The number of anilines is 3. The molecule has 0 N–H and O–H groups in total. The average Bonchev–Trinajstić information content (AvgIpc) is 3.52. The first-order valence-corrected chi connectivity index (χ1v) is 20.2. The van der Waals surface area contributed by atoms with E-state index in [1.165, 1.54) is 88.0 Å². The van der Waals surface area contributed by atoms with Crippen molar-refractivity contribution < 1.29 is 0 Å². The number of rotatable bonds is 6. The molecule has 0 heterocycles. The molecule has 274 valence electrons. The SMILES string of the molecule is CC1(C)c2ccccc2-c2ccc(-c3ccc(N(c4ccc(-c5cccc6c5ccc5ccccc56)cc4)c4ccc5cc(-c6ccccc6)ccc5c4)cc3)cc21. The van der Waals surface area contributed by atoms with E-state index in [9.17, 15) is 0 Å². The minimum absolute atomic E-state index is 0.0391. The van der Waals surface area contributed by atoms with E-state index >= 15 is 0 Å². The van der Waals surface area contributed by atoms with Crippen molar-refractivity contribution in [2.45, 2.75) is 19.3 Å². The van der Waals surface area contributed by atoms with Crippen molar-refractivity contribution in [2.75, 3.05) is 4.90 Å². The predicted molar refractivity (Wildman–Crippen MR) is 248 cm³/mol. The molecule has 1 aliphatic rings. The van der Waals surface area contributed by atoms with Crippen molar-refractivity contribution in [2.24, 2.45) is 0 Å². The quantitative estimate of drug-likeness (QED) is 0.154. The molecular weight excluding hydrogens is 699 g/mol. The lowest BCUT2D eigenvalue weighted by Gasteiger charge is -2.26. The summed E-state index contributed by atoms with van der Waals surface area (Å²) in [5, 5.41) is 7.53. The van der Waals surface area contributed by atoms with Gasteiger partial charge in [-0.3, -0.25) is 0 Å². The van der Waals surface area contributed by atoms with Crippen molar-refractivity contribution in [3.8, 4) is 44.5 Å². The Kier molecular flexibility index (Phi) is 7.91. The molecule has 0 bridgehead atoms. The molecule has 1 aliphatic carbocycles. The highest BCUT2D eigenvalue weighted by Crippen LogP contribution is 2.50. The molecule has 0 aliphatic heterocycles. The van der Waals surface area contributed by atoms with Crippen LogP contribution in [-0.4, -0.2) is 0 Å². The fourth-order valence-electron chi connectivity index (χ4n) is 9.40. The van der Waals surface area contributed by atoms with E-state index in [2.05, 4.69) is 231 Å². The first kappa shape index (κ1) is 34.1. The van der Waals surface area contributed by atoms with Gasteiger partial charge in [-0.2, -0.15) is 0 Å². The highest BCUT2D eigenvalue weighted by Gasteiger charge is 2.35. The molecule has 1 nitrogen and oxygen atoms in total. The lowest BCUT2D eigenvalue weighted by Crippen LogP contribution is -2.14. The van der Waals surface area contributed by atoms with E-state index < -0.39 is 0 Å². The summed E-state index contributed by atoms with van der Waals surface area (Å²) in [7, 11) is 0. The Hall–Kier alpha value is -7.22. The number of hydrogen-bond donors (Lipinski definition) is 0. The molecule has 0 aromatic heterocycles. The normalized spacial score (nSPS) is 12.8. The van der Waals surface area contributed by atoms with Gasteiger partial charge in [0.15, 0.2) is 0 Å². The molecule has 0 unspecified atom stereocenters. The summed E-state index contributed by atoms with van der Waals surface area (Å²) >= 11 is 0. The fourth-order valence-corrected chi connectivity index (χ4v) is 9.40. The summed E-state index contributed by atoms with van der Waals surface area (Å²) in [6.45, 7) is 4.70. The second-order valence-electron chi connectivity index (χ2n) is 16.2. The van der Waals surface area contributed by atoms with Gasteiger partial charge in [-0.05, 0) is 136 Å². The summed E-state index contributed by atoms with van der Waals surface area (Å²) in [5.41, 5.74) is 16.1. The third kappa shape index (κ3) is 5.62. The standard InChI is InChI=1S/C57H41N/c1-57(2)55-18-9-8-15-53(55)54-34-27-45(37-56(54)57)39-21-28-46(29-22-39)58(48-32-25-43-35-42(19-20-44(43)36-48)38-11-4-3-5-12-38)47-30-23-41(24-31-47)50-16-10-17-51-49-14-7-6-13-40(49)26-33-52(50)51/h3-37H,1-2H3. The van der Waals surface area contributed by atoms with Crippen molar-refractivity contribution >= 4 is 49.4 Å². The Balaban J connectivity index is 0.989. The van der Waals surface area contributed by atoms with E-state index in [0.717, 1.165) is 17.1 Å². The second-order valence-corrected chi connectivity index (χ2v) is 16.2. The Morgan fingerprint density at radius 2 is 0.845 bits per heavy atom. The van der Waals surface area contributed by atoms with Crippen molar-refractivity contribution in [1.82, 2.24) is 0 Å². The Morgan fingerprint density at radius 3 is 1.67 bits per heavy atom. The van der Waals surface area contributed by atoms with Gasteiger partial charge in [0.05, 0.1) is 0 Å². The second kappa shape index (κ2) is 13.5. The van der Waals surface area contributed by atoms with Crippen LogP contribution in [-0.2, 0) is 5.41 Å². The highest BCUT2D eigenvalue weighted by atomic mass is 15.1. The highest BCUT2D eigenvalue weighted by molar-refractivity contribution is 6.12. The molecule has 0 spiro atoms. The molecule has 11 rings (SSSR count). The maximum Gasteiger partial charge on any atom is 0.0468 e. The van der Waals surface area contributed by atoms with E-state index in [4.69, 9.17) is 0 Å². The van der Waals surface area contributed by atoms with Gasteiger partial charge in [0.25, 0.3) is 0 Å². The monoisotopic (exact) mass is 739 g/mol. The minimum Gasteiger partial charge on any atom is -0.310 e. The van der Waals surface area contributed by atoms with Gasteiger partial charge in [0.2, 0.25) is 0 Å². The lowest BCUT2D eigenvalue weighted by atomic mass is 9.81. The molecule has 10 aromatic carbocycles. The van der Waals surface area contributed by atoms with Crippen molar-refractivity contribution in [3.63, 3.8) is 0 Å². The predicted octanol–water partition coefficient (Wildman–Crippen LogP) is 15.9. The summed E-state index contributed by atoms with van der Waals surface area (Å²) in [4.78, 5) is 2.39. The van der Waals surface area contributed by atoms with E-state index in [1.54, 1.807) is 0 Å². The van der Waals surface area contributed by atoms with Gasteiger partial charge in [0, 0.05) is 22.5 Å². The van der Waals surface area contributed by atoms with Crippen LogP contribution in [0, 0.1) is 0 Å². The van der Waals surface area contributed by atoms with Crippen LogP contribution in [0.25, 0.3) is 76.8 Å². The molecule has 1 heteroatoms.